The first kappa shape index (κ1) is 23.0. The Morgan fingerprint density at radius 1 is 1.18 bits per heavy atom. The second kappa shape index (κ2) is 10.2. The fraction of sp³-hybridized carbons (Fsp3) is 0.292. The molecule has 0 fully saturated rings. The third kappa shape index (κ3) is 5.08. The van der Waals surface area contributed by atoms with E-state index in [9.17, 15) is 13.6 Å². The lowest BCUT2D eigenvalue weighted by Gasteiger charge is -2.28. The zero-order valence-electron chi connectivity index (χ0n) is 18.3. The van der Waals surface area contributed by atoms with Crippen molar-refractivity contribution in [3.8, 4) is 0 Å². The highest BCUT2D eigenvalue weighted by molar-refractivity contribution is 7.98. The molecule has 33 heavy (non-hydrogen) atoms. The number of allylic oxidation sites excluding steroid dienone is 1. The molecule has 6 nitrogen and oxygen atoms in total. The van der Waals surface area contributed by atoms with E-state index in [-0.39, 0.29) is 11.6 Å². The average Bonchev–Trinajstić information content (AvgIpc) is 3.20. The molecule has 0 bridgehead atoms. The van der Waals surface area contributed by atoms with Crippen LogP contribution in [0.3, 0.4) is 0 Å². The number of esters is 1. The summed E-state index contributed by atoms with van der Waals surface area (Å²) < 4.78 is 34.7. The van der Waals surface area contributed by atoms with E-state index in [4.69, 9.17) is 4.74 Å². The van der Waals surface area contributed by atoms with Crippen molar-refractivity contribution >= 4 is 23.7 Å². The van der Waals surface area contributed by atoms with E-state index < -0.39 is 12.0 Å². The van der Waals surface area contributed by atoms with E-state index in [2.05, 4.69) is 15.4 Å². The van der Waals surface area contributed by atoms with Gasteiger partial charge < -0.3 is 10.1 Å². The van der Waals surface area contributed by atoms with E-state index in [1.807, 2.05) is 6.92 Å². The third-order valence-electron chi connectivity index (χ3n) is 5.28. The standard InChI is InChI=1S/C24H24F2N4O2S/c1-3-4-13-32-22(31)20-15(2)27-23-28-24(33-14-17-7-5-6-8-19(17)26)29-30(23)21(20)16-9-11-18(25)12-10-16/h5-12,21H,3-4,13-14H2,1-2H3,(H,27,28,29). The van der Waals surface area contributed by atoms with Gasteiger partial charge in [-0.1, -0.05) is 55.4 Å². The molecule has 2 aromatic carbocycles. The van der Waals surface area contributed by atoms with Crippen molar-refractivity contribution in [2.45, 2.75) is 43.6 Å². The Hall–Kier alpha value is -3.20. The fourth-order valence-corrected chi connectivity index (χ4v) is 4.37. The first-order valence-electron chi connectivity index (χ1n) is 10.7. The van der Waals surface area contributed by atoms with Crippen molar-refractivity contribution in [3.63, 3.8) is 0 Å². The summed E-state index contributed by atoms with van der Waals surface area (Å²) >= 11 is 1.29. The first-order valence-corrected chi connectivity index (χ1v) is 11.7. The Balaban J connectivity index is 1.66. The number of ether oxygens (including phenoxy) is 1. The number of benzene rings is 2. The maximum absolute atomic E-state index is 14.0. The summed E-state index contributed by atoms with van der Waals surface area (Å²) in [7, 11) is 0. The number of hydrogen-bond donors (Lipinski definition) is 1. The van der Waals surface area contributed by atoms with E-state index in [1.54, 1.807) is 41.9 Å². The quantitative estimate of drug-likeness (QED) is 0.267. The van der Waals surface area contributed by atoms with Crippen LogP contribution in [0.1, 0.15) is 43.9 Å². The van der Waals surface area contributed by atoms with Gasteiger partial charge >= 0.3 is 5.97 Å². The second-order valence-corrected chi connectivity index (χ2v) is 8.59. The summed E-state index contributed by atoms with van der Waals surface area (Å²) in [6.45, 7) is 4.11. The highest BCUT2D eigenvalue weighted by atomic mass is 32.2. The van der Waals surface area contributed by atoms with E-state index in [0.717, 1.165) is 12.8 Å². The molecular weight excluding hydrogens is 446 g/mol. The number of anilines is 1. The van der Waals surface area contributed by atoms with Crippen molar-refractivity contribution in [3.05, 3.63) is 82.6 Å². The number of thioether (sulfide) groups is 1. The van der Waals surface area contributed by atoms with Crippen LogP contribution in [-0.2, 0) is 15.3 Å². The SMILES string of the molecule is CCCCOC(=O)C1=C(C)Nc2nc(SCc3ccccc3F)nn2C1c1ccc(F)cc1. The van der Waals surface area contributed by atoms with Crippen molar-refractivity contribution in [1.29, 1.82) is 0 Å². The molecule has 1 aromatic heterocycles. The Kier molecular flexibility index (Phi) is 7.08. The van der Waals surface area contributed by atoms with Crippen LogP contribution in [0.5, 0.6) is 0 Å². The van der Waals surface area contributed by atoms with Crippen molar-refractivity contribution in [2.24, 2.45) is 0 Å². The molecule has 9 heteroatoms. The van der Waals surface area contributed by atoms with Crippen LogP contribution in [0.2, 0.25) is 0 Å². The molecule has 0 aliphatic carbocycles. The molecule has 1 atom stereocenters. The smallest absolute Gasteiger partial charge is 0.338 e. The lowest BCUT2D eigenvalue weighted by Crippen LogP contribution is -2.29. The van der Waals surface area contributed by atoms with Gasteiger partial charge in [-0.3, -0.25) is 0 Å². The zero-order valence-corrected chi connectivity index (χ0v) is 19.2. The molecule has 1 aliphatic heterocycles. The van der Waals surface area contributed by atoms with Crippen LogP contribution in [0.25, 0.3) is 0 Å². The van der Waals surface area contributed by atoms with Gasteiger partial charge in [-0.2, -0.15) is 4.98 Å². The number of aromatic nitrogens is 3. The van der Waals surface area contributed by atoms with Gasteiger partial charge in [0.2, 0.25) is 11.1 Å². The minimum Gasteiger partial charge on any atom is -0.462 e. The maximum atomic E-state index is 14.0. The van der Waals surface area contributed by atoms with Gasteiger partial charge in [-0.05, 0) is 42.7 Å². The monoisotopic (exact) mass is 470 g/mol. The number of nitrogens with one attached hydrogen (secondary N) is 1. The van der Waals surface area contributed by atoms with Gasteiger partial charge in [-0.25, -0.2) is 18.3 Å². The molecule has 0 amide bonds. The molecule has 1 aliphatic rings. The number of nitrogens with zero attached hydrogens (tertiary/aromatic N) is 3. The Morgan fingerprint density at radius 3 is 2.67 bits per heavy atom. The van der Waals surface area contributed by atoms with Gasteiger partial charge in [0, 0.05) is 11.4 Å². The number of hydrogen-bond acceptors (Lipinski definition) is 6. The van der Waals surface area contributed by atoms with E-state index in [1.165, 1.54) is 30.0 Å². The minimum absolute atomic E-state index is 0.286. The van der Waals surface area contributed by atoms with Crippen molar-refractivity contribution in [2.75, 3.05) is 11.9 Å². The van der Waals surface area contributed by atoms with Crippen molar-refractivity contribution < 1.29 is 18.3 Å². The molecule has 0 saturated heterocycles. The third-order valence-corrected chi connectivity index (χ3v) is 6.17. The number of rotatable bonds is 8. The molecule has 0 spiro atoms. The van der Waals surface area contributed by atoms with Gasteiger partial charge in [0.15, 0.2) is 0 Å². The molecule has 1 N–H and O–H groups in total. The number of fused-ring (bicyclic) bond motifs is 1. The van der Waals surface area contributed by atoms with E-state index >= 15 is 0 Å². The average molecular weight is 471 g/mol. The fourth-order valence-electron chi connectivity index (χ4n) is 3.55. The van der Waals surface area contributed by atoms with Crippen LogP contribution in [0, 0.1) is 11.6 Å². The van der Waals surface area contributed by atoms with Crippen LogP contribution in [-0.4, -0.2) is 27.3 Å². The van der Waals surface area contributed by atoms with Gasteiger partial charge in [0.05, 0.1) is 12.2 Å². The van der Waals surface area contributed by atoms with Crippen LogP contribution in [0.4, 0.5) is 14.7 Å². The lowest BCUT2D eigenvalue weighted by atomic mass is 9.96. The molecule has 0 radical (unpaired) electrons. The highest BCUT2D eigenvalue weighted by Crippen LogP contribution is 2.37. The van der Waals surface area contributed by atoms with Crippen molar-refractivity contribution in [1.82, 2.24) is 14.8 Å². The summed E-state index contributed by atoms with van der Waals surface area (Å²) in [5, 5.41) is 8.15. The molecule has 1 unspecified atom stereocenters. The predicted octanol–water partition coefficient (Wildman–Crippen LogP) is 5.48. The van der Waals surface area contributed by atoms with Gasteiger partial charge in [0.25, 0.3) is 0 Å². The minimum atomic E-state index is -0.633. The molecule has 3 aromatic rings. The molecule has 0 saturated carbocycles. The zero-order chi connectivity index (χ0) is 23.4. The first-order chi connectivity index (χ1) is 16.0. The molecule has 4 rings (SSSR count). The Bertz CT molecular complexity index is 1180. The topological polar surface area (TPSA) is 69.0 Å². The summed E-state index contributed by atoms with van der Waals surface area (Å²) in [4.78, 5) is 17.5. The van der Waals surface area contributed by atoms with Crippen LogP contribution < -0.4 is 5.32 Å². The number of halogens is 2. The predicted molar refractivity (Wildman–Crippen MR) is 123 cm³/mol. The van der Waals surface area contributed by atoms with Crippen LogP contribution in [0.15, 0.2) is 65.0 Å². The summed E-state index contributed by atoms with van der Waals surface area (Å²) in [5.74, 6) is -0.311. The van der Waals surface area contributed by atoms with Gasteiger partial charge in [-0.15, -0.1) is 5.10 Å². The maximum Gasteiger partial charge on any atom is 0.338 e. The lowest BCUT2D eigenvalue weighted by molar-refractivity contribution is -0.139. The Labute approximate surface area is 195 Å². The van der Waals surface area contributed by atoms with Crippen LogP contribution >= 0.6 is 11.8 Å². The summed E-state index contributed by atoms with van der Waals surface area (Å²) in [6.07, 6.45) is 1.67. The Morgan fingerprint density at radius 2 is 1.94 bits per heavy atom. The van der Waals surface area contributed by atoms with Gasteiger partial charge in [0.1, 0.15) is 17.7 Å². The number of unbranched alkanes of at least 4 members (excludes halogenated alkanes) is 1. The second-order valence-electron chi connectivity index (χ2n) is 7.65. The van der Waals surface area contributed by atoms with E-state index in [0.29, 0.717) is 45.9 Å². The number of carbonyl (C=O) groups is 1. The molecule has 172 valence electrons. The number of carbonyl (C=O) groups excluding carboxylic acids is 1. The normalized spacial score (nSPS) is 15.2. The highest BCUT2D eigenvalue weighted by Gasteiger charge is 2.35. The summed E-state index contributed by atoms with van der Waals surface area (Å²) in [6, 6.07) is 11.8. The largest absolute Gasteiger partial charge is 0.462 e. The molecular formula is C24H24F2N4O2S. The molecule has 2 heterocycles. The summed E-state index contributed by atoms with van der Waals surface area (Å²) in [5.41, 5.74) is 2.21.